The molecule has 2 rings (SSSR count). The monoisotopic (exact) mass is 376 g/mol. The van der Waals surface area contributed by atoms with Crippen molar-refractivity contribution in [3.05, 3.63) is 0 Å². The van der Waals surface area contributed by atoms with Crippen LogP contribution >= 0.6 is 0 Å². The lowest BCUT2D eigenvalue weighted by atomic mass is 10.3. The Hall–Kier alpha value is -3.18. The molecule has 0 atom stereocenters. The van der Waals surface area contributed by atoms with Gasteiger partial charge in [-0.2, -0.15) is 29.9 Å². The minimum Gasteiger partial charge on any atom is -0.368 e. The van der Waals surface area contributed by atoms with Crippen molar-refractivity contribution in [2.24, 2.45) is 0 Å². The Labute approximate surface area is 158 Å². The minimum absolute atomic E-state index is 0.193. The number of unbranched alkanes of at least 4 members (excludes halogenated alkanes) is 1. The maximum absolute atomic E-state index is 5.75. The molecule has 0 amide bonds. The summed E-state index contributed by atoms with van der Waals surface area (Å²) < 4.78 is 0. The molecule has 12 heteroatoms. The number of rotatable bonds is 10. The second-order valence-corrected chi connectivity index (χ2v) is 5.95. The third-order valence-electron chi connectivity index (χ3n) is 3.87. The molecule has 0 fully saturated rings. The molecule has 0 bridgehead atoms. The molecule has 0 saturated heterocycles. The molecule has 2 heterocycles. The Morgan fingerprint density at radius 1 is 0.815 bits per heavy atom. The molecule has 2 aromatic heterocycles. The maximum atomic E-state index is 5.75. The molecule has 148 valence electrons. The van der Waals surface area contributed by atoms with E-state index in [9.17, 15) is 0 Å². The van der Waals surface area contributed by atoms with Crippen LogP contribution in [0.3, 0.4) is 0 Å². The summed E-state index contributed by atoms with van der Waals surface area (Å²) in [5, 5.41) is 6.05. The molecule has 0 aliphatic carbocycles. The highest BCUT2D eigenvalue weighted by atomic mass is 15.3. The van der Waals surface area contributed by atoms with E-state index >= 15 is 0 Å². The highest BCUT2D eigenvalue weighted by Gasteiger charge is 2.09. The smallest absolute Gasteiger partial charge is 0.231 e. The summed E-state index contributed by atoms with van der Waals surface area (Å²) in [6.07, 6.45) is 1.83. The standard InChI is InChI=1S/C15H28N12/c1-5-26(3)14-22-11(17)21-13(25-14)19-8-6-7-9-27(4)15-23-10(16)20-12(18-2)24-15/h5-9H2,1-4H3,(H3,16,18,20,23,24)(H3,17,19,21,22,25). The molecule has 0 spiro atoms. The lowest BCUT2D eigenvalue weighted by Gasteiger charge is -2.18. The van der Waals surface area contributed by atoms with Crippen molar-refractivity contribution in [3.63, 3.8) is 0 Å². The average Bonchev–Trinajstić information content (AvgIpc) is 2.65. The first-order valence-electron chi connectivity index (χ1n) is 8.80. The van der Waals surface area contributed by atoms with Crippen LogP contribution in [0.1, 0.15) is 19.8 Å². The maximum Gasteiger partial charge on any atom is 0.231 e. The number of hydrogen-bond donors (Lipinski definition) is 4. The van der Waals surface area contributed by atoms with Gasteiger partial charge in [-0.1, -0.05) is 0 Å². The van der Waals surface area contributed by atoms with Gasteiger partial charge < -0.3 is 31.9 Å². The largest absolute Gasteiger partial charge is 0.368 e. The predicted molar refractivity (Wildman–Crippen MR) is 108 cm³/mol. The van der Waals surface area contributed by atoms with E-state index in [0.29, 0.717) is 30.3 Å². The number of nitrogens with zero attached hydrogens (tertiary/aromatic N) is 8. The van der Waals surface area contributed by atoms with Crippen LogP contribution in [0.25, 0.3) is 0 Å². The molecule has 12 nitrogen and oxygen atoms in total. The SMILES string of the molecule is CCN(C)c1nc(N)nc(NCCCCN(C)c2nc(N)nc(NC)n2)n1. The van der Waals surface area contributed by atoms with Gasteiger partial charge in [0, 0.05) is 40.8 Å². The predicted octanol–water partition coefficient (Wildman–Crippen LogP) is 0.0473. The van der Waals surface area contributed by atoms with Crippen LogP contribution in [0.2, 0.25) is 0 Å². The number of nitrogens with two attached hydrogens (primary N) is 2. The van der Waals surface area contributed by atoms with Gasteiger partial charge in [0.15, 0.2) is 0 Å². The highest BCUT2D eigenvalue weighted by molar-refractivity contribution is 5.42. The molecular weight excluding hydrogens is 348 g/mol. The van der Waals surface area contributed by atoms with Gasteiger partial charge in [-0.25, -0.2) is 0 Å². The van der Waals surface area contributed by atoms with E-state index in [4.69, 9.17) is 11.5 Å². The van der Waals surface area contributed by atoms with Gasteiger partial charge in [0.2, 0.25) is 35.7 Å². The lowest BCUT2D eigenvalue weighted by Crippen LogP contribution is -2.23. The summed E-state index contributed by atoms with van der Waals surface area (Å²) in [4.78, 5) is 28.9. The van der Waals surface area contributed by atoms with E-state index in [-0.39, 0.29) is 11.9 Å². The van der Waals surface area contributed by atoms with Crippen LogP contribution in [0.15, 0.2) is 0 Å². The summed E-state index contributed by atoms with van der Waals surface area (Å²) in [7, 11) is 5.56. The van der Waals surface area contributed by atoms with Crippen LogP contribution in [0.4, 0.5) is 35.7 Å². The van der Waals surface area contributed by atoms with Crippen molar-refractivity contribution < 1.29 is 0 Å². The zero-order valence-electron chi connectivity index (χ0n) is 16.3. The van der Waals surface area contributed by atoms with E-state index in [1.54, 1.807) is 7.05 Å². The molecule has 0 saturated carbocycles. The number of nitrogens with one attached hydrogen (secondary N) is 2. The number of anilines is 6. The van der Waals surface area contributed by atoms with Gasteiger partial charge in [0.25, 0.3) is 0 Å². The van der Waals surface area contributed by atoms with Crippen LogP contribution in [-0.4, -0.2) is 70.7 Å². The van der Waals surface area contributed by atoms with E-state index in [1.165, 1.54) is 0 Å². The van der Waals surface area contributed by atoms with Gasteiger partial charge >= 0.3 is 0 Å². The lowest BCUT2D eigenvalue weighted by molar-refractivity contribution is 0.725. The van der Waals surface area contributed by atoms with Gasteiger partial charge in [0.05, 0.1) is 0 Å². The zero-order valence-corrected chi connectivity index (χ0v) is 16.3. The molecule has 27 heavy (non-hydrogen) atoms. The second kappa shape index (κ2) is 9.50. The Morgan fingerprint density at radius 3 is 2.04 bits per heavy atom. The Morgan fingerprint density at radius 2 is 1.41 bits per heavy atom. The van der Waals surface area contributed by atoms with E-state index in [1.807, 2.05) is 30.8 Å². The fourth-order valence-electron chi connectivity index (χ4n) is 2.21. The van der Waals surface area contributed by atoms with Crippen molar-refractivity contribution in [3.8, 4) is 0 Å². The second-order valence-electron chi connectivity index (χ2n) is 5.95. The molecular formula is C15H28N12. The molecule has 0 unspecified atom stereocenters. The number of nitrogen functional groups attached to an aromatic ring is 2. The van der Waals surface area contributed by atoms with Crippen molar-refractivity contribution >= 4 is 35.7 Å². The van der Waals surface area contributed by atoms with Crippen molar-refractivity contribution in [2.75, 3.05) is 72.7 Å². The van der Waals surface area contributed by atoms with Gasteiger partial charge in [0.1, 0.15) is 0 Å². The van der Waals surface area contributed by atoms with Crippen LogP contribution < -0.4 is 31.9 Å². The average molecular weight is 376 g/mol. The first-order valence-corrected chi connectivity index (χ1v) is 8.80. The van der Waals surface area contributed by atoms with Crippen molar-refractivity contribution in [1.29, 1.82) is 0 Å². The molecule has 0 aromatic carbocycles. The fraction of sp³-hybridized carbons (Fsp3) is 0.600. The molecule has 0 aliphatic heterocycles. The summed E-state index contributed by atoms with van der Waals surface area (Å²) >= 11 is 0. The van der Waals surface area contributed by atoms with Crippen LogP contribution in [0, 0.1) is 0 Å². The fourth-order valence-corrected chi connectivity index (χ4v) is 2.21. The molecule has 0 aliphatic rings. The third-order valence-corrected chi connectivity index (χ3v) is 3.87. The Balaban J connectivity index is 1.80. The zero-order chi connectivity index (χ0) is 19.8. The summed E-state index contributed by atoms with van der Waals surface area (Å²) in [6, 6.07) is 0. The van der Waals surface area contributed by atoms with Crippen LogP contribution in [0.5, 0.6) is 0 Å². The van der Waals surface area contributed by atoms with Crippen molar-refractivity contribution in [1.82, 2.24) is 29.9 Å². The topological polar surface area (TPSA) is 160 Å². The molecule has 6 N–H and O–H groups in total. The number of hydrogen-bond acceptors (Lipinski definition) is 12. The Kier molecular flexibility index (Phi) is 7.08. The normalized spacial score (nSPS) is 10.5. The third kappa shape index (κ3) is 5.94. The van der Waals surface area contributed by atoms with Gasteiger partial charge in [-0.15, -0.1) is 0 Å². The van der Waals surface area contributed by atoms with Gasteiger partial charge in [-0.05, 0) is 19.8 Å². The van der Waals surface area contributed by atoms with E-state index in [0.717, 1.165) is 25.9 Å². The molecule has 2 aromatic rings. The molecule has 0 radical (unpaired) electrons. The van der Waals surface area contributed by atoms with Gasteiger partial charge in [-0.3, -0.25) is 0 Å². The quantitative estimate of drug-likeness (QED) is 0.413. The summed E-state index contributed by atoms with van der Waals surface area (Å²) in [5.41, 5.74) is 11.5. The first kappa shape index (κ1) is 20.1. The highest BCUT2D eigenvalue weighted by Crippen LogP contribution is 2.12. The number of aromatic nitrogens is 6. The summed E-state index contributed by atoms with van der Waals surface area (Å²) in [6.45, 7) is 4.29. The van der Waals surface area contributed by atoms with Crippen LogP contribution in [-0.2, 0) is 0 Å². The van der Waals surface area contributed by atoms with E-state index in [2.05, 4.69) is 40.5 Å². The van der Waals surface area contributed by atoms with E-state index < -0.39 is 0 Å². The van der Waals surface area contributed by atoms with Crippen molar-refractivity contribution in [2.45, 2.75) is 19.8 Å². The first-order chi connectivity index (χ1) is 12.9. The minimum atomic E-state index is 0.193. The summed E-state index contributed by atoms with van der Waals surface area (Å²) in [5.74, 6) is 2.42. The Bertz CT molecular complexity index is 737.